The van der Waals surface area contributed by atoms with Crippen LogP contribution < -0.4 is 4.72 Å². The van der Waals surface area contributed by atoms with E-state index in [9.17, 15) is 18.5 Å². The molecule has 0 amide bonds. The smallest absolute Gasteiger partial charge is 0.258 e. The molecule has 1 N–H and O–H groups in total. The summed E-state index contributed by atoms with van der Waals surface area (Å²) in [5, 5.41) is 10.7. The van der Waals surface area contributed by atoms with Crippen molar-refractivity contribution in [2.24, 2.45) is 0 Å². The zero-order valence-corrected chi connectivity index (χ0v) is 11.1. The van der Waals surface area contributed by atoms with E-state index >= 15 is 0 Å². The van der Waals surface area contributed by atoms with Crippen LogP contribution in [0.2, 0.25) is 5.02 Å². The number of nitro benzene ring substituents is 1. The van der Waals surface area contributed by atoms with Crippen molar-refractivity contribution in [2.75, 3.05) is 0 Å². The molecule has 18 heavy (non-hydrogen) atoms. The first-order chi connectivity index (χ1) is 8.31. The molecular weight excluding hydrogens is 280 g/mol. The summed E-state index contributed by atoms with van der Waals surface area (Å²) >= 11 is 5.71. The van der Waals surface area contributed by atoms with Crippen LogP contribution in [-0.2, 0) is 10.0 Å². The van der Waals surface area contributed by atoms with Crippen LogP contribution in [0.1, 0.15) is 18.4 Å². The molecule has 6 nitrogen and oxygen atoms in total. The first kappa shape index (κ1) is 13.3. The average molecular weight is 291 g/mol. The zero-order chi connectivity index (χ0) is 13.5. The van der Waals surface area contributed by atoms with Crippen LogP contribution in [0, 0.1) is 17.0 Å². The summed E-state index contributed by atoms with van der Waals surface area (Å²) in [4.78, 5) is 9.96. The molecule has 0 bridgehead atoms. The van der Waals surface area contributed by atoms with E-state index in [-0.39, 0.29) is 16.0 Å². The molecule has 0 atom stereocenters. The monoisotopic (exact) mass is 290 g/mol. The Bertz CT molecular complexity index is 611. The number of nitrogens with one attached hydrogen (secondary N) is 1. The van der Waals surface area contributed by atoms with Crippen LogP contribution in [0.5, 0.6) is 0 Å². The maximum Gasteiger partial charge on any atom is 0.289 e. The molecule has 2 rings (SSSR count). The summed E-state index contributed by atoms with van der Waals surface area (Å²) in [5.41, 5.74) is -0.0165. The standard InChI is InChI=1S/C10H11ClN2O4S/c1-6-4-8(11)9(13(14)15)5-10(6)18(16,17)12-7-2-3-7/h4-5,7,12H,2-3H2,1H3. The normalized spacial score (nSPS) is 15.7. The number of hydrogen-bond acceptors (Lipinski definition) is 4. The third-order valence-corrected chi connectivity index (χ3v) is 4.59. The van der Waals surface area contributed by atoms with Gasteiger partial charge in [0.25, 0.3) is 5.69 Å². The number of nitro groups is 1. The number of sulfonamides is 1. The first-order valence-electron chi connectivity index (χ1n) is 5.28. The van der Waals surface area contributed by atoms with Crippen molar-refractivity contribution in [3.63, 3.8) is 0 Å². The Morgan fingerprint density at radius 1 is 1.44 bits per heavy atom. The van der Waals surface area contributed by atoms with Gasteiger partial charge >= 0.3 is 0 Å². The summed E-state index contributed by atoms with van der Waals surface area (Å²) in [6.45, 7) is 1.55. The Morgan fingerprint density at radius 2 is 2.06 bits per heavy atom. The lowest BCUT2D eigenvalue weighted by Crippen LogP contribution is -2.26. The number of benzene rings is 1. The van der Waals surface area contributed by atoms with E-state index < -0.39 is 20.6 Å². The largest absolute Gasteiger partial charge is 0.289 e. The van der Waals surface area contributed by atoms with Gasteiger partial charge in [-0.2, -0.15) is 0 Å². The second kappa shape index (κ2) is 4.49. The molecule has 1 aliphatic rings. The van der Waals surface area contributed by atoms with Gasteiger partial charge in [-0.15, -0.1) is 0 Å². The SMILES string of the molecule is Cc1cc(Cl)c([N+](=O)[O-])cc1S(=O)(=O)NC1CC1. The molecule has 1 saturated carbocycles. The number of aryl methyl sites for hydroxylation is 1. The molecule has 98 valence electrons. The summed E-state index contributed by atoms with van der Waals surface area (Å²) in [7, 11) is -3.71. The third kappa shape index (κ3) is 2.63. The minimum absolute atomic E-state index is 0.0517. The molecule has 0 unspecified atom stereocenters. The summed E-state index contributed by atoms with van der Waals surface area (Å²) < 4.78 is 26.5. The molecule has 0 aliphatic heterocycles. The summed E-state index contributed by atoms with van der Waals surface area (Å²) in [6, 6.07) is 2.24. The lowest BCUT2D eigenvalue weighted by molar-refractivity contribution is -0.384. The molecule has 1 fully saturated rings. The predicted molar refractivity (Wildman–Crippen MR) is 66.2 cm³/mol. The molecule has 0 aromatic heterocycles. The van der Waals surface area contributed by atoms with Gasteiger partial charge in [0.1, 0.15) is 5.02 Å². The second-order valence-corrected chi connectivity index (χ2v) is 6.31. The molecule has 8 heteroatoms. The van der Waals surface area contributed by atoms with Crippen molar-refractivity contribution in [2.45, 2.75) is 30.7 Å². The summed E-state index contributed by atoms with van der Waals surface area (Å²) in [6.07, 6.45) is 1.60. The van der Waals surface area contributed by atoms with Crippen molar-refractivity contribution in [3.05, 3.63) is 32.8 Å². The van der Waals surface area contributed by atoms with Crippen molar-refractivity contribution in [3.8, 4) is 0 Å². The molecular formula is C10H11ClN2O4S. The minimum Gasteiger partial charge on any atom is -0.258 e. The van der Waals surface area contributed by atoms with Crippen LogP contribution in [0.25, 0.3) is 0 Å². The fourth-order valence-electron chi connectivity index (χ4n) is 1.56. The lowest BCUT2D eigenvalue weighted by atomic mass is 10.2. The van der Waals surface area contributed by atoms with E-state index in [0.29, 0.717) is 5.56 Å². The van der Waals surface area contributed by atoms with Gasteiger partial charge in [0.15, 0.2) is 0 Å². The van der Waals surface area contributed by atoms with E-state index in [1.54, 1.807) is 6.92 Å². The van der Waals surface area contributed by atoms with E-state index in [0.717, 1.165) is 18.9 Å². The molecule has 0 radical (unpaired) electrons. The minimum atomic E-state index is -3.71. The fraction of sp³-hybridized carbons (Fsp3) is 0.400. The van der Waals surface area contributed by atoms with Gasteiger partial charge in [0, 0.05) is 12.1 Å². The quantitative estimate of drug-likeness (QED) is 0.678. The van der Waals surface area contributed by atoms with Gasteiger partial charge in [-0.3, -0.25) is 10.1 Å². The maximum atomic E-state index is 12.0. The number of halogens is 1. The van der Waals surface area contributed by atoms with Gasteiger partial charge < -0.3 is 0 Å². The van der Waals surface area contributed by atoms with Crippen LogP contribution in [0.15, 0.2) is 17.0 Å². The highest BCUT2D eigenvalue weighted by Gasteiger charge is 2.30. The van der Waals surface area contributed by atoms with Crippen molar-refractivity contribution < 1.29 is 13.3 Å². The third-order valence-electron chi connectivity index (χ3n) is 2.63. The van der Waals surface area contributed by atoms with Gasteiger partial charge in [-0.05, 0) is 31.4 Å². The van der Waals surface area contributed by atoms with Gasteiger partial charge in [0.2, 0.25) is 10.0 Å². The van der Waals surface area contributed by atoms with E-state index in [2.05, 4.69) is 4.72 Å². The van der Waals surface area contributed by atoms with E-state index in [1.165, 1.54) is 6.07 Å². The highest BCUT2D eigenvalue weighted by Crippen LogP contribution is 2.31. The molecule has 1 aromatic carbocycles. The highest BCUT2D eigenvalue weighted by atomic mass is 35.5. The van der Waals surface area contributed by atoms with E-state index in [4.69, 9.17) is 11.6 Å². The number of hydrogen-bond donors (Lipinski definition) is 1. The van der Waals surface area contributed by atoms with Crippen molar-refractivity contribution in [1.82, 2.24) is 4.72 Å². The first-order valence-corrected chi connectivity index (χ1v) is 7.14. The predicted octanol–water partition coefficient (Wildman–Crippen LogP) is 2.00. The molecule has 0 heterocycles. The van der Waals surface area contributed by atoms with Crippen LogP contribution in [0.3, 0.4) is 0 Å². The maximum absolute atomic E-state index is 12.0. The molecule has 1 aliphatic carbocycles. The van der Waals surface area contributed by atoms with Crippen LogP contribution in [-0.4, -0.2) is 19.4 Å². The second-order valence-electron chi connectivity index (χ2n) is 4.22. The van der Waals surface area contributed by atoms with E-state index in [1.807, 2.05) is 0 Å². The fourth-order valence-corrected chi connectivity index (χ4v) is 3.39. The Balaban J connectivity index is 2.49. The number of nitrogens with zero attached hydrogens (tertiary/aromatic N) is 1. The van der Waals surface area contributed by atoms with Gasteiger partial charge in [0.05, 0.1) is 9.82 Å². The molecule has 0 spiro atoms. The lowest BCUT2D eigenvalue weighted by Gasteiger charge is -2.09. The van der Waals surface area contributed by atoms with Crippen molar-refractivity contribution in [1.29, 1.82) is 0 Å². The van der Waals surface area contributed by atoms with Crippen molar-refractivity contribution >= 4 is 27.3 Å². The van der Waals surface area contributed by atoms with Gasteiger partial charge in [-0.1, -0.05) is 11.6 Å². The number of rotatable bonds is 4. The zero-order valence-electron chi connectivity index (χ0n) is 9.51. The Morgan fingerprint density at radius 3 is 2.56 bits per heavy atom. The highest BCUT2D eigenvalue weighted by molar-refractivity contribution is 7.89. The van der Waals surface area contributed by atoms with Gasteiger partial charge in [-0.25, -0.2) is 13.1 Å². The van der Waals surface area contributed by atoms with Crippen LogP contribution >= 0.6 is 11.6 Å². The Kier molecular flexibility index (Phi) is 3.31. The molecule has 0 saturated heterocycles. The average Bonchev–Trinajstić information content (AvgIpc) is 2.99. The topological polar surface area (TPSA) is 89.3 Å². The summed E-state index contributed by atoms with van der Waals surface area (Å²) in [5.74, 6) is 0. The Labute approximate surface area is 109 Å². The van der Waals surface area contributed by atoms with Crippen LogP contribution in [0.4, 0.5) is 5.69 Å². The molecule has 1 aromatic rings. The Hall–Kier alpha value is -1.18.